The molecule has 2 aromatic rings. The Hall–Kier alpha value is -1.74. The molecular weight excluding hydrogens is 214 g/mol. The molecule has 3 nitrogen and oxygen atoms in total. The lowest BCUT2D eigenvalue weighted by molar-refractivity contribution is 0.102. The molecule has 0 fully saturated rings. The highest BCUT2D eigenvalue weighted by Crippen LogP contribution is 2.33. The van der Waals surface area contributed by atoms with Gasteiger partial charge in [0.15, 0.2) is 0 Å². The van der Waals surface area contributed by atoms with E-state index in [-0.39, 0.29) is 0 Å². The predicted octanol–water partition coefficient (Wildman–Crippen LogP) is 2.72. The summed E-state index contributed by atoms with van der Waals surface area (Å²) in [4.78, 5) is 2.23. The van der Waals surface area contributed by atoms with Crippen LogP contribution in [-0.2, 0) is 6.54 Å². The van der Waals surface area contributed by atoms with Gasteiger partial charge in [0.05, 0.1) is 0 Å². The number of aromatic hydroxyl groups is 1. The van der Waals surface area contributed by atoms with Crippen molar-refractivity contribution in [2.75, 3.05) is 13.3 Å². The van der Waals surface area contributed by atoms with E-state index in [0.29, 0.717) is 12.5 Å². The highest BCUT2D eigenvalue weighted by Gasteiger charge is 2.18. The molecule has 0 radical (unpaired) electrons. The zero-order chi connectivity index (χ0) is 11.8. The van der Waals surface area contributed by atoms with E-state index in [1.807, 2.05) is 24.3 Å². The Labute approximate surface area is 100 Å². The molecule has 0 amide bonds. The molecule has 88 valence electrons. The molecule has 0 aromatic heterocycles. The largest absolute Gasteiger partial charge is 0.508 e. The molecule has 0 bridgehead atoms. The highest BCUT2D eigenvalue weighted by molar-refractivity contribution is 5.89. The molecule has 1 N–H and O–H groups in total. The molecule has 1 aliphatic rings. The van der Waals surface area contributed by atoms with Gasteiger partial charge in [-0.1, -0.05) is 19.1 Å². The standard InChI is InChI=1S/C14H15NO2/c1-2-15-8-13-12-7-11(16)5-3-10(12)4-6-14(13)17-9-15/h3-7,16H,2,8-9H2,1H3. The Morgan fingerprint density at radius 2 is 2.12 bits per heavy atom. The van der Waals surface area contributed by atoms with Gasteiger partial charge in [0.1, 0.15) is 18.2 Å². The number of ether oxygens (including phenoxy) is 1. The van der Waals surface area contributed by atoms with Crippen molar-refractivity contribution in [3.05, 3.63) is 35.9 Å². The first-order chi connectivity index (χ1) is 8.28. The number of phenolic OH excluding ortho intramolecular Hbond substituents is 1. The summed E-state index contributed by atoms with van der Waals surface area (Å²) in [5.74, 6) is 1.24. The lowest BCUT2D eigenvalue weighted by Crippen LogP contribution is -2.31. The zero-order valence-corrected chi connectivity index (χ0v) is 9.81. The molecule has 3 rings (SSSR count). The van der Waals surface area contributed by atoms with E-state index in [1.165, 1.54) is 5.56 Å². The molecule has 0 saturated carbocycles. The maximum Gasteiger partial charge on any atom is 0.142 e. The van der Waals surface area contributed by atoms with E-state index in [4.69, 9.17) is 4.74 Å². The van der Waals surface area contributed by atoms with E-state index in [9.17, 15) is 5.11 Å². The summed E-state index contributed by atoms with van der Waals surface area (Å²) >= 11 is 0. The number of benzene rings is 2. The second-order valence-corrected chi connectivity index (χ2v) is 4.37. The normalized spacial score (nSPS) is 15.6. The van der Waals surface area contributed by atoms with Crippen molar-refractivity contribution in [2.24, 2.45) is 0 Å². The van der Waals surface area contributed by atoms with Crippen LogP contribution in [0.1, 0.15) is 12.5 Å². The van der Waals surface area contributed by atoms with Gasteiger partial charge in [-0.25, -0.2) is 0 Å². The van der Waals surface area contributed by atoms with Crippen LogP contribution in [0.25, 0.3) is 10.8 Å². The molecular formula is C14H15NO2. The zero-order valence-electron chi connectivity index (χ0n) is 9.81. The molecule has 0 atom stereocenters. The first kappa shape index (κ1) is 10.4. The van der Waals surface area contributed by atoms with E-state index < -0.39 is 0 Å². The van der Waals surface area contributed by atoms with Crippen LogP contribution in [0.4, 0.5) is 0 Å². The van der Waals surface area contributed by atoms with Crippen molar-refractivity contribution in [3.8, 4) is 11.5 Å². The van der Waals surface area contributed by atoms with Crippen LogP contribution in [0.5, 0.6) is 11.5 Å². The monoisotopic (exact) mass is 229 g/mol. The summed E-state index contributed by atoms with van der Waals surface area (Å²) in [6, 6.07) is 9.53. The van der Waals surface area contributed by atoms with Crippen molar-refractivity contribution in [3.63, 3.8) is 0 Å². The van der Waals surface area contributed by atoms with E-state index in [1.54, 1.807) is 6.07 Å². The third-order valence-electron chi connectivity index (χ3n) is 3.31. The summed E-state index contributed by atoms with van der Waals surface area (Å²) in [7, 11) is 0. The van der Waals surface area contributed by atoms with Crippen LogP contribution >= 0.6 is 0 Å². The van der Waals surface area contributed by atoms with Crippen LogP contribution in [-0.4, -0.2) is 23.3 Å². The van der Waals surface area contributed by atoms with Crippen LogP contribution in [0.3, 0.4) is 0 Å². The second kappa shape index (κ2) is 3.93. The Morgan fingerprint density at radius 3 is 2.94 bits per heavy atom. The minimum Gasteiger partial charge on any atom is -0.508 e. The number of phenols is 1. The fraction of sp³-hybridized carbons (Fsp3) is 0.286. The molecule has 0 spiro atoms. The van der Waals surface area contributed by atoms with Crippen molar-refractivity contribution in [1.82, 2.24) is 4.90 Å². The number of rotatable bonds is 1. The molecule has 3 heteroatoms. The average molecular weight is 229 g/mol. The summed E-state index contributed by atoms with van der Waals surface area (Å²) < 4.78 is 5.72. The Kier molecular flexibility index (Phi) is 2.41. The van der Waals surface area contributed by atoms with Crippen LogP contribution < -0.4 is 4.74 Å². The van der Waals surface area contributed by atoms with Crippen LogP contribution in [0, 0.1) is 0 Å². The highest BCUT2D eigenvalue weighted by atomic mass is 16.5. The lowest BCUT2D eigenvalue weighted by Gasteiger charge is -2.28. The predicted molar refractivity (Wildman–Crippen MR) is 67.2 cm³/mol. The summed E-state index contributed by atoms with van der Waals surface area (Å²) in [6.07, 6.45) is 0. The van der Waals surface area contributed by atoms with Gasteiger partial charge in [0.25, 0.3) is 0 Å². The molecule has 0 aliphatic carbocycles. The molecule has 1 aliphatic heterocycles. The average Bonchev–Trinajstić information content (AvgIpc) is 2.38. The van der Waals surface area contributed by atoms with Gasteiger partial charge in [-0.05, 0) is 35.5 Å². The second-order valence-electron chi connectivity index (χ2n) is 4.37. The molecule has 0 unspecified atom stereocenters. The van der Waals surface area contributed by atoms with Crippen molar-refractivity contribution in [2.45, 2.75) is 13.5 Å². The number of nitrogens with zero attached hydrogens (tertiary/aromatic N) is 1. The maximum absolute atomic E-state index is 9.60. The van der Waals surface area contributed by atoms with E-state index in [2.05, 4.69) is 11.8 Å². The van der Waals surface area contributed by atoms with Gasteiger partial charge in [0.2, 0.25) is 0 Å². The minimum atomic E-state index is 0.305. The Balaban J connectivity index is 2.19. The Bertz CT molecular complexity index is 565. The number of fused-ring (bicyclic) bond motifs is 3. The van der Waals surface area contributed by atoms with E-state index in [0.717, 1.165) is 29.6 Å². The van der Waals surface area contributed by atoms with Gasteiger partial charge in [-0.3, -0.25) is 4.90 Å². The fourth-order valence-electron chi connectivity index (χ4n) is 2.28. The third-order valence-corrected chi connectivity index (χ3v) is 3.31. The van der Waals surface area contributed by atoms with Gasteiger partial charge >= 0.3 is 0 Å². The van der Waals surface area contributed by atoms with Gasteiger partial charge in [0, 0.05) is 12.1 Å². The smallest absolute Gasteiger partial charge is 0.142 e. The Morgan fingerprint density at radius 1 is 1.29 bits per heavy atom. The van der Waals surface area contributed by atoms with Gasteiger partial charge in [-0.2, -0.15) is 0 Å². The van der Waals surface area contributed by atoms with Crippen molar-refractivity contribution >= 4 is 10.8 Å². The van der Waals surface area contributed by atoms with Gasteiger partial charge in [-0.15, -0.1) is 0 Å². The summed E-state index contributed by atoms with van der Waals surface area (Å²) in [6.45, 7) is 4.62. The SMILES string of the molecule is CCN1COc2ccc3ccc(O)cc3c2C1. The van der Waals surface area contributed by atoms with Crippen LogP contribution in [0.2, 0.25) is 0 Å². The van der Waals surface area contributed by atoms with E-state index >= 15 is 0 Å². The summed E-state index contributed by atoms with van der Waals surface area (Å²) in [5.41, 5.74) is 1.17. The third kappa shape index (κ3) is 1.72. The first-order valence-corrected chi connectivity index (χ1v) is 5.87. The van der Waals surface area contributed by atoms with Crippen molar-refractivity contribution in [1.29, 1.82) is 0 Å². The number of hydrogen-bond acceptors (Lipinski definition) is 3. The topological polar surface area (TPSA) is 32.7 Å². The van der Waals surface area contributed by atoms with Crippen molar-refractivity contribution < 1.29 is 9.84 Å². The fourth-order valence-corrected chi connectivity index (χ4v) is 2.28. The lowest BCUT2D eigenvalue weighted by atomic mass is 10.0. The summed E-state index contributed by atoms with van der Waals surface area (Å²) in [5, 5.41) is 11.8. The molecule has 0 saturated heterocycles. The maximum atomic E-state index is 9.60. The molecule has 2 aromatic carbocycles. The number of hydrogen-bond donors (Lipinski definition) is 1. The molecule has 1 heterocycles. The minimum absolute atomic E-state index is 0.305. The first-order valence-electron chi connectivity index (χ1n) is 5.87. The van der Waals surface area contributed by atoms with Crippen LogP contribution in [0.15, 0.2) is 30.3 Å². The quantitative estimate of drug-likeness (QED) is 0.816. The molecule has 17 heavy (non-hydrogen) atoms. The van der Waals surface area contributed by atoms with Gasteiger partial charge < -0.3 is 9.84 Å².